The molecule has 2 heteroatoms. The van der Waals surface area contributed by atoms with Gasteiger partial charge in [0.2, 0.25) is 0 Å². The maximum atomic E-state index is 3.76. The summed E-state index contributed by atoms with van der Waals surface area (Å²) < 4.78 is 0. The van der Waals surface area contributed by atoms with Crippen LogP contribution in [0.1, 0.15) is 27.7 Å². The molecule has 0 rings (SSSR count). The van der Waals surface area contributed by atoms with E-state index >= 15 is 0 Å². The molecule has 0 aromatic carbocycles. The standard InChI is InChI=1S/C9H14N2.C2H6/c1-7(2)9(4)11-8(3)6-10-5;1-2/h6,11H,1,4-5H2,2-3H3;1-2H3/b8-6+;. The van der Waals surface area contributed by atoms with E-state index in [1.165, 1.54) is 0 Å². The molecule has 0 amide bonds. The molecular weight excluding hydrogens is 160 g/mol. The van der Waals surface area contributed by atoms with Gasteiger partial charge >= 0.3 is 0 Å². The van der Waals surface area contributed by atoms with Crippen molar-refractivity contribution in [1.29, 1.82) is 0 Å². The molecule has 0 saturated heterocycles. The van der Waals surface area contributed by atoms with Crippen molar-refractivity contribution >= 4 is 6.72 Å². The number of allylic oxidation sites excluding steroid dienone is 2. The van der Waals surface area contributed by atoms with Gasteiger partial charge in [-0.1, -0.05) is 27.0 Å². The van der Waals surface area contributed by atoms with Crippen LogP contribution in [0.4, 0.5) is 0 Å². The van der Waals surface area contributed by atoms with Crippen molar-refractivity contribution in [3.8, 4) is 0 Å². The summed E-state index contributed by atoms with van der Waals surface area (Å²) in [7, 11) is 0. The summed E-state index contributed by atoms with van der Waals surface area (Å²) in [6.45, 7) is 18.6. The van der Waals surface area contributed by atoms with E-state index in [0.29, 0.717) is 0 Å². The minimum Gasteiger partial charge on any atom is -0.358 e. The van der Waals surface area contributed by atoms with Gasteiger partial charge in [-0.05, 0) is 26.1 Å². The van der Waals surface area contributed by atoms with Crippen LogP contribution < -0.4 is 5.32 Å². The quantitative estimate of drug-likeness (QED) is 0.521. The highest BCUT2D eigenvalue weighted by atomic mass is 14.9. The van der Waals surface area contributed by atoms with Crippen LogP contribution in [0.2, 0.25) is 0 Å². The Bertz CT molecular complexity index is 212. The van der Waals surface area contributed by atoms with Crippen LogP contribution in [-0.2, 0) is 0 Å². The van der Waals surface area contributed by atoms with E-state index < -0.39 is 0 Å². The number of rotatable bonds is 4. The number of hydrogen-bond acceptors (Lipinski definition) is 2. The lowest BCUT2D eigenvalue weighted by Gasteiger charge is -2.07. The average Bonchev–Trinajstić information content (AvgIpc) is 2.08. The fourth-order valence-electron chi connectivity index (χ4n) is 0.514. The molecule has 0 unspecified atom stereocenters. The van der Waals surface area contributed by atoms with Gasteiger partial charge in [0.15, 0.2) is 0 Å². The van der Waals surface area contributed by atoms with Crippen molar-refractivity contribution in [1.82, 2.24) is 5.32 Å². The lowest BCUT2D eigenvalue weighted by atomic mass is 10.2. The molecule has 0 aliphatic carbocycles. The van der Waals surface area contributed by atoms with Crippen molar-refractivity contribution in [3.63, 3.8) is 0 Å². The summed E-state index contributed by atoms with van der Waals surface area (Å²) in [6.07, 6.45) is 1.63. The van der Waals surface area contributed by atoms with Gasteiger partial charge in [-0.3, -0.25) is 4.99 Å². The Labute approximate surface area is 81.8 Å². The third-order valence-corrected chi connectivity index (χ3v) is 1.15. The van der Waals surface area contributed by atoms with Gasteiger partial charge < -0.3 is 5.32 Å². The first-order chi connectivity index (χ1) is 6.07. The number of nitrogens with zero attached hydrogens (tertiary/aromatic N) is 1. The van der Waals surface area contributed by atoms with E-state index in [-0.39, 0.29) is 0 Å². The van der Waals surface area contributed by atoms with Crippen LogP contribution >= 0.6 is 0 Å². The lowest BCUT2D eigenvalue weighted by molar-refractivity contribution is 0.977. The molecule has 0 spiro atoms. The second-order valence-corrected chi connectivity index (χ2v) is 2.38. The number of nitrogens with one attached hydrogen (secondary N) is 1. The first-order valence-corrected chi connectivity index (χ1v) is 4.32. The Morgan fingerprint density at radius 3 is 2.00 bits per heavy atom. The van der Waals surface area contributed by atoms with Gasteiger partial charge in [0.25, 0.3) is 0 Å². The Hall–Kier alpha value is -1.31. The molecule has 0 aromatic rings. The molecule has 0 atom stereocenters. The predicted molar refractivity (Wildman–Crippen MR) is 61.7 cm³/mol. The summed E-state index contributed by atoms with van der Waals surface area (Å²) in [5.41, 5.74) is 2.64. The fraction of sp³-hybridized carbons (Fsp3) is 0.364. The normalized spacial score (nSPS) is 9.38. The van der Waals surface area contributed by atoms with Crippen LogP contribution in [0, 0.1) is 0 Å². The van der Waals surface area contributed by atoms with Gasteiger partial charge in [-0.15, -0.1) is 0 Å². The molecule has 0 heterocycles. The molecule has 2 nitrogen and oxygen atoms in total. The minimum atomic E-state index is 0.808. The zero-order valence-corrected chi connectivity index (χ0v) is 9.15. The molecule has 74 valence electrons. The van der Waals surface area contributed by atoms with Crippen molar-refractivity contribution in [2.24, 2.45) is 4.99 Å². The molecule has 1 N–H and O–H groups in total. The fourth-order valence-corrected chi connectivity index (χ4v) is 0.514. The van der Waals surface area contributed by atoms with E-state index in [2.05, 4.69) is 30.2 Å². The van der Waals surface area contributed by atoms with E-state index in [9.17, 15) is 0 Å². The van der Waals surface area contributed by atoms with E-state index in [0.717, 1.165) is 17.0 Å². The van der Waals surface area contributed by atoms with Crippen LogP contribution in [0.3, 0.4) is 0 Å². The molecule has 0 radical (unpaired) electrons. The lowest BCUT2D eigenvalue weighted by Crippen LogP contribution is -2.09. The predicted octanol–water partition coefficient (Wildman–Crippen LogP) is 3.25. The maximum absolute atomic E-state index is 3.76. The first-order valence-electron chi connectivity index (χ1n) is 4.32. The smallest absolute Gasteiger partial charge is 0.0450 e. The van der Waals surface area contributed by atoms with Gasteiger partial charge in [0.05, 0.1) is 0 Å². The van der Waals surface area contributed by atoms with Crippen LogP contribution in [0.15, 0.2) is 41.3 Å². The Kier molecular flexibility index (Phi) is 9.61. The summed E-state index contributed by atoms with van der Waals surface area (Å²) in [5.74, 6) is 0. The Morgan fingerprint density at radius 1 is 1.23 bits per heavy atom. The molecule has 0 aliphatic rings. The summed E-state index contributed by atoms with van der Waals surface area (Å²) in [5, 5.41) is 3.01. The summed E-state index contributed by atoms with van der Waals surface area (Å²) in [6, 6.07) is 0. The van der Waals surface area contributed by atoms with Crippen molar-refractivity contribution in [2.45, 2.75) is 27.7 Å². The highest BCUT2D eigenvalue weighted by molar-refractivity contribution is 5.28. The minimum absolute atomic E-state index is 0.808. The van der Waals surface area contributed by atoms with Crippen LogP contribution in [-0.4, -0.2) is 6.72 Å². The SMILES string of the molecule is C=N/C=C(\C)NC(=C)C(=C)C.CC. The highest BCUT2D eigenvalue weighted by Gasteiger charge is 1.92. The van der Waals surface area contributed by atoms with Gasteiger partial charge in [0, 0.05) is 17.6 Å². The molecule has 0 saturated carbocycles. The summed E-state index contributed by atoms with van der Waals surface area (Å²) >= 11 is 0. The second kappa shape index (κ2) is 8.78. The van der Waals surface area contributed by atoms with Crippen molar-refractivity contribution < 1.29 is 0 Å². The maximum Gasteiger partial charge on any atom is 0.0450 e. The number of aliphatic imine (C=N–C) groups is 1. The monoisotopic (exact) mass is 180 g/mol. The Balaban J connectivity index is 0. The first kappa shape index (κ1) is 14.2. The molecule has 13 heavy (non-hydrogen) atoms. The van der Waals surface area contributed by atoms with Crippen molar-refractivity contribution in [2.75, 3.05) is 0 Å². The van der Waals surface area contributed by atoms with Gasteiger partial charge in [-0.25, -0.2) is 0 Å². The third-order valence-electron chi connectivity index (χ3n) is 1.15. The second-order valence-electron chi connectivity index (χ2n) is 2.38. The molecule has 0 aromatic heterocycles. The van der Waals surface area contributed by atoms with Gasteiger partial charge in [0.1, 0.15) is 0 Å². The largest absolute Gasteiger partial charge is 0.358 e. The Morgan fingerprint density at radius 2 is 1.69 bits per heavy atom. The highest BCUT2D eigenvalue weighted by Crippen LogP contribution is 2.01. The van der Waals surface area contributed by atoms with Crippen LogP contribution in [0.5, 0.6) is 0 Å². The molecule has 0 aliphatic heterocycles. The van der Waals surface area contributed by atoms with Gasteiger partial charge in [-0.2, -0.15) is 0 Å². The van der Waals surface area contributed by atoms with Crippen molar-refractivity contribution in [3.05, 3.63) is 36.3 Å². The summed E-state index contributed by atoms with van der Waals surface area (Å²) in [4.78, 5) is 3.60. The molecule has 0 fully saturated rings. The van der Waals surface area contributed by atoms with E-state index in [1.54, 1.807) is 6.20 Å². The topological polar surface area (TPSA) is 24.4 Å². The van der Waals surface area contributed by atoms with E-state index in [4.69, 9.17) is 0 Å². The molecule has 0 bridgehead atoms. The zero-order chi connectivity index (χ0) is 10.9. The average molecular weight is 180 g/mol. The zero-order valence-electron chi connectivity index (χ0n) is 9.15. The van der Waals surface area contributed by atoms with Crippen LogP contribution in [0.25, 0.3) is 0 Å². The molecular formula is C11H20N2. The van der Waals surface area contributed by atoms with E-state index in [1.807, 2.05) is 27.7 Å². The third kappa shape index (κ3) is 8.60. The number of hydrogen-bond donors (Lipinski definition) is 1.